The van der Waals surface area contributed by atoms with Gasteiger partial charge in [0.25, 0.3) is 0 Å². The number of H-pyrrole nitrogens is 1. The van der Waals surface area contributed by atoms with Gasteiger partial charge in [-0.2, -0.15) is 0 Å². The number of aromatic nitrogens is 5. The molecular weight excluding hydrogens is 606 g/mol. The highest BCUT2D eigenvalue weighted by Gasteiger charge is 2.54. The first-order chi connectivity index (χ1) is 23.0. The number of nitrogens with zero attached hydrogens (tertiary/aromatic N) is 8. The number of piperidine rings is 1. The summed E-state index contributed by atoms with van der Waals surface area (Å²) in [5.41, 5.74) is 5.34. The minimum atomic E-state index is -0.443. The number of likely N-dealkylation sites (tertiary alicyclic amines) is 2. The maximum absolute atomic E-state index is 12.3. The fourth-order valence-electron chi connectivity index (χ4n) is 8.23. The molecule has 0 bridgehead atoms. The maximum atomic E-state index is 12.3. The first-order valence-corrected chi connectivity index (χ1v) is 17.2. The van der Waals surface area contributed by atoms with Crippen molar-refractivity contribution in [2.24, 2.45) is 11.3 Å². The molecule has 0 radical (unpaired) electrons. The molecule has 48 heavy (non-hydrogen) atoms. The number of benzene rings is 1. The van der Waals surface area contributed by atoms with Crippen molar-refractivity contribution >= 4 is 28.8 Å². The highest BCUT2D eigenvalue weighted by Crippen LogP contribution is 2.42. The van der Waals surface area contributed by atoms with Gasteiger partial charge in [-0.25, -0.2) is 14.8 Å². The Kier molecular flexibility index (Phi) is 7.46. The number of phenols is 1. The van der Waals surface area contributed by atoms with Crippen LogP contribution < -0.4 is 9.80 Å². The third-order valence-electron chi connectivity index (χ3n) is 10.5. The van der Waals surface area contributed by atoms with Crippen molar-refractivity contribution in [2.75, 3.05) is 62.2 Å². The van der Waals surface area contributed by atoms with Gasteiger partial charge in [0, 0.05) is 86.4 Å². The number of phenolic OH excluding ortho intramolecular Hbond substituents is 1. The van der Waals surface area contributed by atoms with Gasteiger partial charge in [0.05, 0.1) is 29.8 Å². The monoisotopic (exact) mass is 651 g/mol. The van der Waals surface area contributed by atoms with E-state index >= 15 is 0 Å². The predicted molar refractivity (Wildman–Crippen MR) is 184 cm³/mol. The number of aromatic hydroxyl groups is 1. The molecule has 2 N–H and O–H groups in total. The van der Waals surface area contributed by atoms with Gasteiger partial charge in [-0.05, 0) is 64.7 Å². The minimum Gasteiger partial charge on any atom is -0.507 e. The number of rotatable bonds is 5. The van der Waals surface area contributed by atoms with E-state index in [9.17, 15) is 9.90 Å². The second-order valence-corrected chi connectivity index (χ2v) is 15.3. The number of hydrogen-bond acceptors (Lipinski definition) is 10. The Morgan fingerprint density at radius 2 is 1.77 bits per heavy atom. The van der Waals surface area contributed by atoms with Gasteiger partial charge in [-0.1, -0.05) is 12.1 Å². The molecule has 4 aromatic rings. The molecule has 4 aliphatic rings. The smallest absolute Gasteiger partial charge is 0.410 e. The van der Waals surface area contributed by atoms with Crippen LogP contribution in [0.2, 0.25) is 0 Å². The van der Waals surface area contributed by atoms with E-state index in [-0.39, 0.29) is 23.3 Å². The van der Waals surface area contributed by atoms with Crippen LogP contribution >= 0.6 is 0 Å². The molecule has 1 aromatic carbocycles. The molecular formula is C36H45N9O3. The number of anilines is 2. The summed E-state index contributed by atoms with van der Waals surface area (Å²) in [6.45, 7) is 15.7. The number of amides is 1. The summed E-state index contributed by atoms with van der Waals surface area (Å²) >= 11 is 0. The number of hydrogen-bond donors (Lipinski definition) is 2. The topological polar surface area (TPSA) is 127 Å². The summed E-state index contributed by atoms with van der Waals surface area (Å²) in [5, 5.41) is 20.3. The fraction of sp³-hybridized carbons (Fsp3) is 0.528. The lowest BCUT2D eigenvalue weighted by atomic mass is 9.72. The zero-order chi connectivity index (χ0) is 33.2. The molecule has 1 unspecified atom stereocenters. The summed E-state index contributed by atoms with van der Waals surface area (Å²) in [5.74, 6) is 1.61. The van der Waals surface area contributed by atoms with Gasteiger partial charge in [0.15, 0.2) is 5.65 Å². The maximum Gasteiger partial charge on any atom is 0.410 e. The van der Waals surface area contributed by atoms with Gasteiger partial charge >= 0.3 is 6.09 Å². The first kappa shape index (κ1) is 30.9. The lowest BCUT2D eigenvalue weighted by Gasteiger charge is -2.60. The number of ether oxygens (including phenoxy) is 1. The average Bonchev–Trinajstić information content (AvgIpc) is 3.40. The van der Waals surface area contributed by atoms with E-state index in [0.29, 0.717) is 17.2 Å². The normalized spacial score (nSPS) is 21.2. The van der Waals surface area contributed by atoms with Gasteiger partial charge in [-0.3, -0.25) is 0 Å². The molecule has 1 atom stereocenters. The lowest BCUT2D eigenvalue weighted by Crippen LogP contribution is -2.73. The van der Waals surface area contributed by atoms with Crippen molar-refractivity contribution in [3.8, 4) is 17.0 Å². The average molecular weight is 652 g/mol. The Labute approximate surface area is 281 Å². The number of carbonyl (C=O) groups excluding carboxylic acids is 1. The number of para-hydroxylation sites is 1. The zero-order valence-electron chi connectivity index (χ0n) is 28.3. The van der Waals surface area contributed by atoms with Crippen molar-refractivity contribution in [1.82, 2.24) is 34.9 Å². The summed E-state index contributed by atoms with van der Waals surface area (Å²) < 4.78 is 5.53. The number of aromatic amines is 1. The van der Waals surface area contributed by atoms with Crippen LogP contribution in [0.4, 0.5) is 16.4 Å². The highest BCUT2D eigenvalue weighted by atomic mass is 16.6. The van der Waals surface area contributed by atoms with E-state index in [1.807, 2.05) is 56.3 Å². The molecule has 12 nitrogen and oxygen atoms in total. The molecule has 1 amide bonds. The van der Waals surface area contributed by atoms with Crippen LogP contribution in [0.25, 0.3) is 22.3 Å². The molecule has 3 fully saturated rings. The van der Waals surface area contributed by atoms with Crippen LogP contribution in [-0.2, 0) is 11.2 Å². The number of nitrogens with one attached hydrogen (secondary N) is 1. The second kappa shape index (κ2) is 11.6. The van der Waals surface area contributed by atoms with Crippen LogP contribution in [0.15, 0.2) is 42.7 Å². The predicted octanol–water partition coefficient (Wildman–Crippen LogP) is 5.01. The zero-order valence-corrected chi connectivity index (χ0v) is 28.3. The van der Waals surface area contributed by atoms with Crippen molar-refractivity contribution in [2.45, 2.75) is 58.6 Å². The quantitative estimate of drug-likeness (QED) is 0.304. The van der Waals surface area contributed by atoms with E-state index < -0.39 is 5.60 Å². The van der Waals surface area contributed by atoms with Crippen molar-refractivity contribution in [3.05, 3.63) is 54.0 Å². The molecule has 4 aliphatic heterocycles. The van der Waals surface area contributed by atoms with E-state index in [4.69, 9.17) is 14.7 Å². The Morgan fingerprint density at radius 3 is 2.48 bits per heavy atom. The van der Waals surface area contributed by atoms with E-state index in [1.165, 1.54) is 11.3 Å². The molecule has 252 valence electrons. The Hall–Kier alpha value is -4.45. The summed E-state index contributed by atoms with van der Waals surface area (Å²) in [6, 6.07) is 9.29. The molecule has 0 aliphatic carbocycles. The van der Waals surface area contributed by atoms with Crippen molar-refractivity contribution < 1.29 is 14.6 Å². The molecule has 3 saturated heterocycles. The van der Waals surface area contributed by atoms with Crippen molar-refractivity contribution in [1.29, 1.82) is 0 Å². The van der Waals surface area contributed by atoms with E-state index in [2.05, 4.69) is 36.8 Å². The Morgan fingerprint density at radius 1 is 1.04 bits per heavy atom. The molecule has 7 heterocycles. The van der Waals surface area contributed by atoms with Gasteiger partial charge in [-0.15, -0.1) is 10.2 Å². The molecule has 12 heteroatoms. The van der Waals surface area contributed by atoms with Crippen LogP contribution in [0, 0.1) is 11.3 Å². The Balaban J connectivity index is 0.854. The van der Waals surface area contributed by atoms with Crippen molar-refractivity contribution in [3.63, 3.8) is 0 Å². The third-order valence-corrected chi connectivity index (χ3v) is 10.5. The molecule has 0 saturated carbocycles. The lowest BCUT2D eigenvalue weighted by molar-refractivity contribution is -0.116. The van der Waals surface area contributed by atoms with Gasteiger partial charge in [0.1, 0.15) is 11.4 Å². The molecule has 1 spiro atoms. The number of carbonyl (C=O) groups is 1. The summed E-state index contributed by atoms with van der Waals surface area (Å²) in [6.07, 6.45) is 6.93. The van der Waals surface area contributed by atoms with E-state index in [0.717, 1.165) is 94.3 Å². The summed E-state index contributed by atoms with van der Waals surface area (Å²) in [7, 11) is 0. The van der Waals surface area contributed by atoms with Gasteiger partial charge < -0.3 is 34.4 Å². The van der Waals surface area contributed by atoms with Crippen LogP contribution in [-0.4, -0.2) is 104 Å². The van der Waals surface area contributed by atoms with Crippen LogP contribution in [0.1, 0.15) is 57.8 Å². The minimum absolute atomic E-state index is 0.0477. The van der Waals surface area contributed by atoms with Gasteiger partial charge in [0.2, 0.25) is 5.95 Å². The standard InChI is InChI=1S/C36H45N9O3/c1-23-31-27-15-29(26-7-5-6-8-30(26)46)40-41-32(27)39-28(31)11-14-45(23)33-37-16-25(17-38-33)43-12-9-24(10-13-43)18-42-19-36(20-42)21-44(22-36)34(47)48-35(2,3)4/h5-8,15-17,23-24,46H,9-14,18-22H2,1-4H3,(H,39,41). The van der Waals surface area contributed by atoms with E-state index in [1.54, 1.807) is 12.1 Å². The summed E-state index contributed by atoms with van der Waals surface area (Å²) in [4.78, 5) is 34.6. The first-order valence-electron chi connectivity index (χ1n) is 17.2. The fourth-order valence-corrected chi connectivity index (χ4v) is 8.23. The molecule has 3 aromatic heterocycles. The second-order valence-electron chi connectivity index (χ2n) is 15.3. The third kappa shape index (κ3) is 5.69. The Bertz CT molecular complexity index is 1810. The largest absolute Gasteiger partial charge is 0.507 e. The van der Waals surface area contributed by atoms with Crippen LogP contribution in [0.5, 0.6) is 5.75 Å². The van der Waals surface area contributed by atoms with Crippen LogP contribution in [0.3, 0.4) is 0 Å². The number of fused-ring (bicyclic) bond motifs is 3. The highest BCUT2D eigenvalue weighted by molar-refractivity contribution is 5.86. The molecule has 8 rings (SSSR count). The SMILES string of the molecule is CC1c2c([nH]c3nnc(-c4ccccc4O)cc23)CCN1c1ncc(N2CCC(CN3CC4(C3)CN(C(=O)OC(C)(C)C)C4)CC2)cn1.